The zero-order valence-electron chi connectivity index (χ0n) is 8.17. The Morgan fingerprint density at radius 3 is 2.67 bits per heavy atom. The number of ketones is 1. The molecule has 0 atom stereocenters. The molecule has 0 heterocycles. The second-order valence-corrected chi connectivity index (χ2v) is 2.89. The summed E-state index contributed by atoms with van der Waals surface area (Å²) < 4.78 is 29.5. The number of halogens is 2. The maximum absolute atomic E-state index is 12.3. The van der Waals surface area contributed by atoms with Gasteiger partial charge in [0.05, 0.1) is 19.2 Å². The molecule has 1 rings (SSSR count). The standard InChI is InChI=1S/C10H11F2NO2/c1-15-9-4-6(10(11)12)2-3-7(9)8(14)5-13/h2-4,10H,5,13H2,1H3. The second kappa shape index (κ2) is 4.84. The number of hydrogen-bond acceptors (Lipinski definition) is 3. The smallest absolute Gasteiger partial charge is 0.263 e. The lowest BCUT2D eigenvalue weighted by atomic mass is 10.1. The van der Waals surface area contributed by atoms with E-state index < -0.39 is 6.43 Å². The van der Waals surface area contributed by atoms with E-state index in [1.807, 2.05) is 0 Å². The highest BCUT2D eigenvalue weighted by Gasteiger charge is 2.14. The number of benzene rings is 1. The molecule has 0 fully saturated rings. The Morgan fingerprint density at radius 2 is 2.20 bits per heavy atom. The minimum atomic E-state index is -2.58. The number of methoxy groups -OCH3 is 1. The van der Waals surface area contributed by atoms with Crippen LogP contribution in [0.1, 0.15) is 22.3 Å². The van der Waals surface area contributed by atoms with Gasteiger partial charge in [0.2, 0.25) is 0 Å². The molecule has 0 aromatic heterocycles. The van der Waals surface area contributed by atoms with Gasteiger partial charge in [0.25, 0.3) is 6.43 Å². The van der Waals surface area contributed by atoms with E-state index in [1.165, 1.54) is 19.2 Å². The van der Waals surface area contributed by atoms with Gasteiger partial charge in [-0.3, -0.25) is 4.79 Å². The van der Waals surface area contributed by atoms with Crippen molar-refractivity contribution in [1.82, 2.24) is 0 Å². The molecule has 5 heteroatoms. The van der Waals surface area contributed by atoms with Gasteiger partial charge in [-0.2, -0.15) is 0 Å². The first-order valence-corrected chi connectivity index (χ1v) is 4.29. The number of alkyl halides is 2. The van der Waals surface area contributed by atoms with Crippen molar-refractivity contribution in [1.29, 1.82) is 0 Å². The number of hydrogen-bond donors (Lipinski definition) is 1. The Kier molecular flexibility index (Phi) is 3.74. The van der Waals surface area contributed by atoms with Gasteiger partial charge in [0, 0.05) is 5.56 Å². The second-order valence-electron chi connectivity index (χ2n) is 2.89. The van der Waals surface area contributed by atoms with Crippen LogP contribution in [0.5, 0.6) is 5.75 Å². The first-order chi connectivity index (χ1) is 7.10. The van der Waals surface area contributed by atoms with Crippen molar-refractivity contribution in [2.45, 2.75) is 6.43 Å². The highest BCUT2D eigenvalue weighted by atomic mass is 19.3. The summed E-state index contributed by atoms with van der Waals surface area (Å²) in [4.78, 5) is 11.3. The summed E-state index contributed by atoms with van der Waals surface area (Å²) >= 11 is 0. The van der Waals surface area contributed by atoms with Gasteiger partial charge in [-0.15, -0.1) is 0 Å². The lowest BCUT2D eigenvalue weighted by Crippen LogP contribution is -2.14. The van der Waals surface area contributed by atoms with Crippen LogP contribution < -0.4 is 10.5 Å². The van der Waals surface area contributed by atoms with Crippen LogP contribution in [0.3, 0.4) is 0 Å². The molecule has 1 aromatic rings. The van der Waals surface area contributed by atoms with E-state index in [9.17, 15) is 13.6 Å². The average Bonchev–Trinajstić information content (AvgIpc) is 2.27. The number of carbonyl (C=O) groups is 1. The van der Waals surface area contributed by atoms with Gasteiger partial charge in [-0.25, -0.2) is 8.78 Å². The minimum Gasteiger partial charge on any atom is -0.496 e. The molecular weight excluding hydrogens is 204 g/mol. The Balaban J connectivity index is 3.15. The molecule has 0 bridgehead atoms. The van der Waals surface area contributed by atoms with E-state index in [4.69, 9.17) is 10.5 Å². The average molecular weight is 215 g/mol. The number of ether oxygens (including phenoxy) is 1. The molecule has 0 saturated heterocycles. The largest absolute Gasteiger partial charge is 0.496 e. The summed E-state index contributed by atoms with van der Waals surface area (Å²) in [7, 11) is 1.32. The van der Waals surface area contributed by atoms with Crippen molar-refractivity contribution in [3.05, 3.63) is 29.3 Å². The van der Waals surface area contributed by atoms with Crippen molar-refractivity contribution < 1.29 is 18.3 Å². The lowest BCUT2D eigenvalue weighted by Gasteiger charge is -2.08. The summed E-state index contributed by atoms with van der Waals surface area (Å²) in [5.74, 6) is -0.212. The molecule has 0 aliphatic carbocycles. The Morgan fingerprint density at radius 1 is 1.53 bits per heavy atom. The van der Waals surface area contributed by atoms with Gasteiger partial charge in [0.1, 0.15) is 5.75 Å². The molecule has 0 amide bonds. The SMILES string of the molecule is COc1cc(C(F)F)ccc1C(=O)CN. The predicted molar refractivity (Wildman–Crippen MR) is 51.3 cm³/mol. The van der Waals surface area contributed by atoms with E-state index in [0.717, 1.165) is 6.07 Å². The minimum absolute atomic E-state index is 0.128. The van der Waals surface area contributed by atoms with Crippen LogP contribution in [-0.4, -0.2) is 19.4 Å². The van der Waals surface area contributed by atoms with E-state index in [2.05, 4.69) is 0 Å². The molecule has 0 unspecified atom stereocenters. The summed E-state index contributed by atoms with van der Waals surface area (Å²) in [5, 5.41) is 0. The maximum atomic E-state index is 12.3. The first kappa shape index (κ1) is 11.6. The monoisotopic (exact) mass is 215 g/mol. The molecule has 15 heavy (non-hydrogen) atoms. The third-order valence-corrected chi connectivity index (χ3v) is 1.96. The normalized spacial score (nSPS) is 10.5. The van der Waals surface area contributed by atoms with Crippen LogP contribution in [0.2, 0.25) is 0 Å². The van der Waals surface area contributed by atoms with E-state index in [-0.39, 0.29) is 29.2 Å². The van der Waals surface area contributed by atoms with Gasteiger partial charge in [-0.05, 0) is 12.1 Å². The van der Waals surface area contributed by atoms with Crippen molar-refractivity contribution in [2.24, 2.45) is 5.73 Å². The highest BCUT2D eigenvalue weighted by Crippen LogP contribution is 2.26. The zero-order chi connectivity index (χ0) is 11.4. The third kappa shape index (κ3) is 2.50. The molecule has 0 radical (unpaired) electrons. The molecule has 0 saturated carbocycles. The van der Waals surface area contributed by atoms with E-state index in [1.54, 1.807) is 0 Å². The van der Waals surface area contributed by atoms with Crippen LogP contribution in [0.15, 0.2) is 18.2 Å². The van der Waals surface area contributed by atoms with Gasteiger partial charge < -0.3 is 10.5 Å². The quantitative estimate of drug-likeness (QED) is 0.779. The third-order valence-electron chi connectivity index (χ3n) is 1.96. The first-order valence-electron chi connectivity index (χ1n) is 4.29. The van der Waals surface area contributed by atoms with Crippen molar-refractivity contribution >= 4 is 5.78 Å². The molecule has 0 aliphatic rings. The van der Waals surface area contributed by atoms with Crippen LogP contribution in [-0.2, 0) is 0 Å². The fourth-order valence-electron chi connectivity index (χ4n) is 1.18. The predicted octanol–water partition coefficient (Wildman–Crippen LogP) is 1.77. The molecule has 0 aliphatic heterocycles. The summed E-state index contributed by atoms with van der Waals surface area (Å²) in [5.41, 5.74) is 5.22. The molecule has 3 nitrogen and oxygen atoms in total. The van der Waals surface area contributed by atoms with Crippen molar-refractivity contribution in [3.63, 3.8) is 0 Å². The van der Waals surface area contributed by atoms with Crippen LogP contribution in [0.4, 0.5) is 8.78 Å². The molecular formula is C10H11F2NO2. The van der Waals surface area contributed by atoms with Crippen LogP contribution in [0.25, 0.3) is 0 Å². The summed E-state index contributed by atoms with van der Waals surface area (Å²) in [6, 6.07) is 3.64. The fourth-order valence-corrected chi connectivity index (χ4v) is 1.18. The Bertz CT molecular complexity index is 366. The molecule has 2 N–H and O–H groups in total. The zero-order valence-corrected chi connectivity index (χ0v) is 8.17. The Labute approximate surface area is 85.8 Å². The van der Waals surface area contributed by atoms with Crippen molar-refractivity contribution in [2.75, 3.05) is 13.7 Å². The van der Waals surface area contributed by atoms with E-state index in [0.29, 0.717) is 0 Å². The number of Topliss-reactive ketones (excluding diaryl/α,β-unsaturated/α-hetero) is 1. The lowest BCUT2D eigenvalue weighted by molar-refractivity contribution is 0.0997. The highest BCUT2D eigenvalue weighted by molar-refractivity contribution is 6.00. The Hall–Kier alpha value is -1.49. The topological polar surface area (TPSA) is 52.3 Å². The van der Waals surface area contributed by atoms with Crippen LogP contribution in [0, 0.1) is 0 Å². The maximum Gasteiger partial charge on any atom is 0.263 e. The summed E-state index contributed by atoms with van der Waals surface area (Å²) in [6.45, 7) is -0.176. The summed E-state index contributed by atoms with van der Waals surface area (Å²) in [6.07, 6.45) is -2.58. The number of rotatable bonds is 4. The fraction of sp³-hybridized carbons (Fsp3) is 0.300. The molecule has 0 spiro atoms. The molecule has 1 aromatic carbocycles. The van der Waals surface area contributed by atoms with Crippen molar-refractivity contribution in [3.8, 4) is 5.75 Å². The number of carbonyl (C=O) groups excluding carboxylic acids is 1. The van der Waals surface area contributed by atoms with Gasteiger partial charge in [0.15, 0.2) is 5.78 Å². The molecule has 82 valence electrons. The van der Waals surface area contributed by atoms with Gasteiger partial charge in [-0.1, -0.05) is 6.07 Å². The van der Waals surface area contributed by atoms with E-state index >= 15 is 0 Å². The number of nitrogens with two attached hydrogens (primary N) is 1. The van der Waals surface area contributed by atoms with Crippen LogP contribution >= 0.6 is 0 Å². The van der Waals surface area contributed by atoms with Gasteiger partial charge >= 0.3 is 0 Å².